The zero-order chi connectivity index (χ0) is 15.4. The highest BCUT2D eigenvalue weighted by Gasteiger charge is 2.19. The number of nitrogens with zero attached hydrogens (tertiary/aromatic N) is 1. The molecule has 2 N–H and O–H groups in total. The average molecular weight is 323 g/mol. The molecule has 108 valence electrons. The summed E-state index contributed by atoms with van der Waals surface area (Å²) in [6.07, 6.45) is -0.384. The van der Waals surface area contributed by atoms with Crippen LogP contribution in [0.5, 0.6) is 0 Å². The standard InChI is InChI=1S/C15H12Cl2N2O2/c16-10-1-5-12(6-2-10)19(15(21)9-14(18)20)13-7-3-11(17)4-8-13/h1-8H,9H2,(H2,18,20). The van der Waals surface area contributed by atoms with Gasteiger partial charge in [0.25, 0.3) is 0 Å². The Morgan fingerprint density at radius 1 is 0.857 bits per heavy atom. The molecule has 0 aliphatic carbocycles. The molecule has 0 atom stereocenters. The minimum atomic E-state index is -0.687. The van der Waals surface area contributed by atoms with Crippen LogP contribution in [-0.4, -0.2) is 11.8 Å². The zero-order valence-electron chi connectivity index (χ0n) is 10.9. The van der Waals surface area contributed by atoms with E-state index in [0.29, 0.717) is 21.4 Å². The topological polar surface area (TPSA) is 63.4 Å². The number of halogens is 2. The average Bonchev–Trinajstić information content (AvgIpc) is 2.42. The molecule has 0 aliphatic rings. The second-order valence-corrected chi connectivity index (χ2v) is 5.20. The highest BCUT2D eigenvalue weighted by molar-refractivity contribution is 6.31. The van der Waals surface area contributed by atoms with Crippen LogP contribution < -0.4 is 10.6 Å². The van der Waals surface area contributed by atoms with E-state index in [0.717, 1.165) is 0 Å². The van der Waals surface area contributed by atoms with Crippen molar-refractivity contribution in [2.45, 2.75) is 6.42 Å². The summed E-state index contributed by atoms with van der Waals surface area (Å²) in [5.74, 6) is -1.11. The number of anilines is 2. The van der Waals surface area contributed by atoms with Crippen molar-refractivity contribution in [1.82, 2.24) is 0 Å². The number of benzene rings is 2. The summed E-state index contributed by atoms with van der Waals surface area (Å²) in [4.78, 5) is 24.7. The lowest BCUT2D eigenvalue weighted by molar-refractivity contribution is -0.125. The van der Waals surface area contributed by atoms with Crippen molar-refractivity contribution < 1.29 is 9.59 Å². The van der Waals surface area contributed by atoms with Crippen LogP contribution in [0, 0.1) is 0 Å². The molecule has 0 saturated heterocycles. The molecular weight excluding hydrogens is 311 g/mol. The fraction of sp³-hybridized carbons (Fsp3) is 0.0667. The first-order valence-corrected chi connectivity index (χ1v) is 6.85. The third kappa shape index (κ3) is 3.97. The Bertz CT molecular complexity index is 609. The lowest BCUT2D eigenvalue weighted by atomic mass is 10.2. The minimum absolute atomic E-state index is 0.384. The maximum atomic E-state index is 12.3. The van der Waals surface area contributed by atoms with Gasteiger partial charge in [0.2, 0.25) is 11.8 Å². The third-order valence-corrected chi connectivity index (χ3v) is 3.25. The van der Waals surface area contributed by atoms with E-state index in [4.69, 9.17) is 28.9 Å². The molecule has 0 spiro atoms. The van der Waals surface area contributed by atoms with Gasteiger partial charge in [-0.05, 0) is 48.5 Å². The van der Waals surface area contributed by atoms with Gasteiger partial charge in [-0.25, -0.2) is 0 Å². The number of nitrogens with two attached hydrogens (primary N) is 1. The summed E-state index contributed by atoms with van der Waals surface area (Å²) in [6.45, 7) is 0. The van der Waals surface area contributed by atoms with E-state index in [-0.39, 0.29) is 6.42 Å². The number of primary amides is 1. The Hall–Kier alpha value is -2.04. The van der Waals surface area contributed by atoms with Crippen molar-refractivity contribution >= 4 is 46.4 Å². The zero-order valence-corrected chi connectivity index (χ0v) is 12.4. The highest BCUT2D eigenvalue weighted by Crippen LogP contribution is 2.28. The summed E-state index contributed by atoms with van der Waals surface area (Å²) in [7, 11) is 0. The van der Waals surface area contributed by atoms with Crippen LogP contribution >= 0.6 is 23.2 Å². The first kappa shape index (κ1) is 15.4. The fourth-order valence-electron chi connectivity index (χ4n) is 1.85. The van der Waals surface area contributed by atoms with Gasteiger partial charge in [-0.3, -0.25) is 14.5 Å². The molecule has 21 heavy (non-hydrogen) atoms. The first-order valence-electron chi connectivity index (χ1n) is 6.10. The van der Waals surface area contributed by atoms with E-state index in [1.165, 1.54) is 4.90 Å². The number of rotatable bonds is 4. The Morgan fingerprint density at radius 3 is 1.57 bits per heavy atom. The van der Waals surface area contributed by atoms with Crippen molar-refractivity contribution in [3.8, 4) is 0 Å². The molecule has 6 heteroatoms. The Labute approximate surface area is 132 Å². The van der Waals surface area contributed by atoms with Gasteiger partial charge in [0.1, 0.15) is 6.42 Å². The maximum Gasteiger partial charge on any atom is 0.240 e. The second kappa shape index (κ2) is 6.61. The lowest BCUT2D eigenvalue weighted by Gasteiger charge is -2.22. The third-order valence-electron chi connectivity index (χ3n) is 2.74. The molecule has 2 aromatic rings. The Kier molecular flexibility index (Phi) is 4.83. The van der Waals surface area contributed by atoms with Gasteiger partial charge in [-0.15, -0.1) is 0 Å². The molecule has 2 amide bonds. The van der Waals surface area contributed by atoms with E-state index in [9.17, 15) is 9.59 Å². The van der Waals surface area contributed by atoms with Crippen LogP contribution in [0.1, 0.15) is 6.42 Å². The molecule has 0 aromatic heterocycles. The lowest BCUT2D eigenvalue weighted by Crippen LogP contribution is -2.30. The first-order chi connectivity index (χ1) is 9.97. The van der Waals surface area contributed by atoms with Crippen molar-refractivity contribution in [2.75, 3.05) is 4.90 Å². The van der Waals surface area contributed by atoms with Crippen molar-refractivity contribution in [3.05, 3.63) is 58.6 Å². The van der Waals surface area contributed by atoms with Crippen LogP contribution in [0.25, 0.3) is 0 Å². The largest absolute Gasteiger partial charge is 0.369 e. The fourth-order valence-corrected chi connectivity index (χ4v) is 2.10. The van der Waals surface area contributed by atoms with Gasteiger partial charge in [0.15, 0.2) is 0 Å². The summed E-state index contributed by atoms with van der Waals surface area (Å²) in [5, 5.41) is 1.11. The van der Waals surface area contributed by atoms with Crippen molar-refractivity contribution in [3.63, 3.8) is 0 Å². The van der Waals surface area contributed by atoms with E-state index >= 15 is 0 Å². The quantitative estimate of drug-likeness (QED) is 0.875. The summed E-state index contributed by atoms with van der Waals surface area (Å²) in [5.41, 5.74) is 6.29. The summed E-state index contributed by atoms with van der Waals surface area (Å²) >= 11 is 11.7. The summed E-state index contributed by atoms with van der Waals surface area (Å²) in [6, 6.07) is 13.4. The predicted octanol–water partition coefficient (Wildman–Crippen LogP) is 3.53. The maximum absolute atomic E-state index is 12.3. The van der Waals surface area contributed by atoms with E-state index in [1.807, 2.05) is 0 Å². The molecule has 0 unspecified atom stereocenters. The van der Waals surface area contributed by atoms with Crippen LogP contribution in [0.2, 0.25) is 10.0 Å². The number of carbonyl (C=O) groups excluding carboxylic acids is 2. The SMILES string of the molecule is NC(=O)CC(=O)N(c1ccc(Cl)cc1)c1ccc(Cl)cc1. The number of hydrogen-bond acceptors (Lipinski definition) is 2. The smallest absolute Gasteiger partial charge is 0.240 e. The number of hydrogen-bond donors (Lipinski definition) is 1. The monoisotopic (exact) mass is 322 g/mol. The molecule has 2 aromatic carbocycles. The highest BCUT2D eigenvalue weighted by atomic mass is 35.5. The Morgan fingerprint density at radius 2 is 1.24 bits per heavy atom. The number of amides is 2. The van der Waals surface area contributed by atoms with Gasteiger partial charge < -0.3 is 5.73 Å². The van der Waals surface area contributed by atoms with Gasteiger partial charge in [0, 0.05) is 21.4 Å². The molecule has 0 saturated carbocycles. The molecule has 0 fully saturated rings. The molecule has 0 bridgehead atoms. The summed E-state index contributed by atoms with van der Waals surface area (Å²) < 4.78 is 0. The van der Waals surface area contributed by atoms with Gasteiger partial charge in [0.05, 0.1) is 0 Å². The van der Waals surface area contributed by atoms with Gasteiger partial charge >= 0.3 is 0 Å². The molecule has 4 nitrogen and oxygen atoms in total. The van der Waals surface area contributed by atoms with Crippen LogP contribution in [0.15, 0.2) is 48.5 Å². The minimum Gasteiger partial charge on any atom is -0.369 e. The van der Waals surface area contributed by atoms with E-state index in [1.54, 1.807) is 48.5 Å². The second-order valence-electron chi connectivity index (χ2n) is 4.33. The van der Waals surface area contributed by atoms with Gasteiger partial charge in [-0.1, -0.05) is 23.2 Å². The van der Waals surface area contributed by atoms with Crippen molar-refractivity contribution in [1.29, 1.82) is 0 Å². The molecular formula is C15H12Cl2N2O2. The molecule has 0 radical (unpaired) electrons. The van der Waals surface area contributed by atoms with Crippen molar-refractivity contribution in [2.24, 2.45) is 5.73 Å². The molecule has 0 aliphatic heterocycles. The van der Waals surface area contributed by atoms with Gasteiger partial charge in [-0.2, -0.15) is 0 Å². The number of carbonyl (C=O) groups is 2. The van der Waals surface area contributed by atoms with Crippen LogP contribution in [0.3, 0.4) is 0 Å². The van der Waals surface area contributed by atoms with E-state index < -0.39 is 11.8 Å². The van der Waals surface area contributed by atoms with Crippen LogP contribution in [0.4, 0.5) is 11.4 Å². The normalized spacial score (nSPS) is 10.2. The molecule has 0 heterocycles. The van der Waals surface area contributed by atoms with Crippen LogP contribution in [-0.2, 0) is 9.59 Å². The molecule has 2 rings (SSSR count). The predicted molar refractivity (Wildman–Crippen MR) is 83.9 cm³/mol. The Balaban J connectivity index is 2.43. The van der Waals surface area contributed by atoms with E-state index in [2.05, 4.69) is 0 Å².